The number of H-pyrrole nitrogens is 1. The van der Waals surface area contributed by atoms with Crippen molar-refractivity contribution in [2.45, 2.75) is 19.5 Å². The zero-order valence-electron chi connectivity index (χ0n) is 18.6. The van der Waals surface area contributed by atoms with Crippen LogP contribution in [-0.4, -0.2) is 32.5 Å². The molecule has 0 aliphatic carbocycles. The third kappa shape index (κ3) is 5.60. The van der Waals surface area contributed by atoms with E-state index in [1.54, 1.807) is 37.4 Å². The molecule has 1 amide bonds. The van der Waals surface area contributed by atoms with Gasteiger partial charge in [-0.25, -0.2) is 9.97 Å². The standard InChI is InChI=1S/C25H22F3N5O2/c1-15-13-31-24(32-19-8-4-3-7-18(19)25(26,27)28)33-22(15)17-12-20(30-14-17)23(35)29-11-10-16-6-2-5-9-21(16)34/h2-9,12-14,30,34H,10-11H2,1H3,(H,29,35)(H,31,32,33). The zero-order valence-corrected chi connectivity index (χ0v) is 18.6. The number of phenols is 1. The van der Waals surface area contributed by atoms with Gasteiger partial charge >= 0.3 is 6.18 Å². The third-order valence-corrected chi connectivity index (χ3v) is 5.32. The molecule has 0 aliphatic heterocycles. The molecule has 2 heterocycles. The van der Waals surface area contributed by atoms with Gasteiger partial charge in [-0.3, -0.25) is 4.79 Å². The summed E-state index contributed by atoms with van der Waals surface area (Å²) in [6.45, 7) is 2.09. The summed E-state index contributed by atoms with van der Waals surface area (Å²) in [5.41, 5.74) is 1.78. The van der Waals surface area contributed by atoms with Crippen molar-refractivity contribution in [3.05, 3.63) is 89.4 Å². The molecule has 35 heavy (non-hydrogen) atoms. The van der Waals surface area contributed by atoms with Gasteiger partial charge in [0.2, 0.25) is 5.95 Å². The average Bonchev–Trinajstić information content (AvgIpc) is 3.31. The predicted octanol–water partition coefficient (Wildman–Crippen LogP) is 5.22. The van der Waals surface area contributed by atoms with Crippen LogP contribution in [0, 0.1) is 6.92 Å². The number of anilines is 2. The van der Waals surface area contributed by atoms with Crippen molar-refractivity contribution >= 4 is 17.5 Å². The summed E-state index contributed by atoms with van der Waals surface area (Å²) in [5.74, 6) is -0.168. The lowest BCUT2D eigenvalue weighted by molar-refractivity contribution is -0.136. The molecule has 0 saturated carbocycles. The fourth-order valence-corrected chi connectivity index (χ4v) is 3.54. The lowest BCUT2D eigenvalue weighted by atomic mass is 10.1. The molecule has 2 aromatic carbocycles. The fraction of sp³-hybridized carbons (Fsp3) is 0.160. The van der Waals surface area contributed by atoms with E-state index in [1.807, 2.05) is 6.07 Å². The zero-order chi connectivity index (χ0) is 25.0. The van der Waals surface area contributed by atoms with Gasteiger partial charge in [-0.1, -0.05) is 30.3 Å². The third-order valence-electron chi connectivity index (χ3n) is 5.32. The lowest BCUT2D eigenvalue weighted by Crippen LogP contribution is -2.25. The maximum Gasteiger partial charge on any atom is 0.418 e. The first kappa shape index (κ1) is 23.8. The van der Waals surface area contributed by atoms with Crippen LogP contribution in [0.5, 0.6) is 5.75 Å². The predicted molar refractivity (Wildman–Crippen MR) is 125 cm³/mol. The largest absolute Gasteiger partial charge is 0.508 e. The number of benzene rings is 2. The number of rotatable bonds is 7. The summed E-state index contributed by atoms with van der Waals surface area (Å²) in [5, 5.41) is 15.3. The smallest absolute Gasteiger partial charge is 0.418 e. The van der Waals surface area contributed by atoms with E-state index < -0.39 is 11.7 Å². The van der Waals surface area contributed by atoms with Gasteiger partial charge in [-0.05, 0) is 48.7 Å². The van der Waals surface area contributed by atoms with Crippen molar-refractivity contribution in [3.8, 4) is 17.0 Å². The van der Waals surface area contributed by atoms with E-state index >= 15 is 0 Å². The lowest BCUT2D eigenvalue weighted by Gasteiger charge is -2.14. The number of carbonyl (C=O) groups excluding carboxylic acids is 1. The minimum absolute atomic E-state index is 0.00262. The molecule has 4 rings (SSSR count). The average molecular weight is 481 g/mol. The van der Waals surface area contributed by atoms with E-state index in [1.165, 1.54) is 24.4 Å². The highest BCUT2D eigenvalue weighted by Crippen LogP contribution is 2.35. The van der Waals surface area contributed by atoms with Gasteiger partial charge in [0.25, 0.3) is 5.91 Å². The van der Waals surface area contributed by atoms with Crippen LogP contribution in [0.15, 0.2) is 67.0 Å². The molecule has 0 saturated heterocycles. The second-order valence-corrected chi connectivity index (χ2v) is 7.83. The number of phenolic OH excluding ortho intramolecular Hbond substituents is 1. The van der Waals surface area contributed by atoms with Gasteiger partial charge in [0.1, 0.15) is 11.4 Å². The van der Waals surface area contributed by atoms with Crippen LogP contribution in [0.25, 0.3) is 11.3 Å². The molecule has 4 aromatic rings. The Morgan fingerprint density at radius 2 is 1.86 bits per heavy atom. The highest BCUT2D eigenvalue weighted by molar-refractivity contribution is 5.94. The number of aromatic hydroxyl groups is 1. The molecule has 10 heteroatoms. The molecule has 0 bridgehead atoms. The Kier molecular flexibility index (Phi) is 6.72. The summed E-state index contributed by atoms with van der Waals surface area (Å²) in [7, 11) is 0. The first-order valence-corrected chi connectivity index (χ1v) is 10.7. The van der Waals surface area contributed by atoms with Crippen LogP contribution in [-0.2, 0) is 12.6 Å². The normalized spacial score (nSPS) is 11.3. The molecular formula is C25H22F3N5O2. The SMILES string of the molecule is Cc1cnc(Nc2ccccc2C(F)(F)F)nc1-c1c[nH]c(C(=O)NCCc2ccccc2O)c1. The van der Waals surface area contributed by atoms with Gasteiger partial charge in [0.15, 0.2) is 0 Å². The van der Waals surface area contributed by atoms with Gasteiger partial charge in [0.05, 0.1) is 16.9 Å². The van der Waals surface area contributed by atoms with Gasteiger partial charge < -0.3 is 20.7 Å². The first-order valence-electron chi connectivity index (χ1n) is 10.7. The Labute approximate surface area is 199 Å². The van der Waals surface area contributed by atoms with E-state index in [0.29, 0.717) is 35.5 Å². The van der Waals surface area contributed by atoms with Crippen LogP contribution in [0.2, 0.25) is 0 Å². The quantitative estimate of drug-likeness (QED) is 0.290. The summed E-state index contributed by atoms with van der Waals surface area (Å²) in [6, 6.07) is 13.6. The molecule has 4 N–H and O–H groups in total. The van der Waals surface area contributed by atoms with Gasteiger partial charge in [-0.2, -0.15) is 13.2 Å². The van der Waals surface area contributed by atoms with Crippen LogP contribution < -0.4 is 10.6 Å². The number of aromatic nitrogens is 3. The maximum absolute atomic E-state index is 13.3. The number of carbonyl (C=O) groups is 1. The van der Waals surface area contributed by atoms with Crippen LogP contribution in [0.4, 0.5) is 24.8 Å². The van der Waals surface area contributed by atoms with E-state index in [2.05, 4.69) is 25.6 Å². The minimum atomic E-state index is -4.53. The summed E-state index contributed by atoms with van der Waals surface area (Å²) >= 11 is 0. The molecular weight excluding hydrogens is 459 g/mol. The number of alkyl halides is 3. The number of halogens is 3. The Bertz CT molecular complexity index is 1350. The van der Waals surface area contributed by atoms with Crippen LogP contribution in [0.1, 0.15) is 27.2 Å². The second-order valence-electron chi connectivity index (χ2n) is 7.83. The molecule has 0 unspecified atom stereocenters. The van der Waals surface area contributed by atoms with E-state index in [4.69, 9.17) is 0 Å². The van der Waals surface area contributed by atoms with E-state index in [9.17, 15) is 23.1 Å². The van der Waals surface area contributed by atoms with Crippen molar-refractivity contribution in [2.75, 3.05) is 11.9 Å². The number of nitrogens with zero attached hydrogens (tertiary/aromatic N) is 2. The molecule has 0 radical (unpaired) electrons. The number of aromatic amines is 1. The maximum atomic E-state index is 13.3. The van der Waals surface area contributed by atoms with Crippen molar-refractivity contribution in [2.24, 2.45) is 0 Å². The van der Waals surface area contributed by atoms with E-state index in [-0.39, 0.29) is 23.3 Å². The number of nitrogens with one attached hydrogen (secondary N) is 3. The molecule has 7 nitrogen and oxygen atoms in total. The van der Waals surface area contributed by atoms with Crippen molar-refractivity contribution < 1.29 is 23.1 Å². The Balaban J connectivity index is 1.48. The number of hydrogen-bond acceptors (Lipinski definition) is 5. The topological polar surface area (TPSA) is 103 Å². The summed E-state index contributed by atoms with van der Waals surface area (Å²) in [4.78, 5) is 23.9. The second kappa shape index (κ2) is 9.88. The highest BCUT2D eigenvalue weighted by atomic mass is 19.4. The molecule has 180 valence electrons. The monoisotopic (exact) mass is 481 g/mol. The highest BCUT2D eigenvalue weighted by Gasteiger charge is 2.33. The van der Waals surface area contributed by atoms with Crippen molar-refractivity contribution in [1.82, 2.24) is 20.3 Å². The Hall–Kier alpha value is -4.34. The molecule has 0 atom stereocenters. The summed E-state index contributed by atoms with van der Waals surface area (Å²) in [6.07, 6.45) is -0.967. The minimum Gasteiger partial charge on any atom is -0.508 e. The number of hydrogen-bond donors (Lipinski definition) is 4. The number of aryl methyl sites for hydroxylation is 1. The van der Waals surface area contributed by atoms with E-state index in [0.717, 1.165) is 11.6 Å². The molecule has 0 fully saturated rings. The number of amides is 1. The van der Waals surface area contributed by atoms with Gasteiger partial charge in [0, 0.05) is 24.5 Å². The Morgan fingerprint density at radius 1 is 1.11 bits per heavy atom. The Morgan fingerprint density at radius 3 is 2.63 bits per heavy atom. The molecule has 0 aliphatic rings. The van der Waals surface area contributed by atoms with Gasteiger partial charge in [-0.15, -0.1) is 0 Å². The van der Waals surface area contributed by atoms with Crippen LogP contribution >= 0.6 is 0 Å². The van der Waals surface area contributed by atoms with Crippen molar-refractivity contribution in [3.63, 3.8) is 0 Å². The number of para-hydroxylation sites is 2. The van der Waals surface area contributed by atoms with Crippen molar-refractivity contribution in [1.29, 1.82) is 0 Å². The van der Waals surface area contributed by atoms with Crippen LogP contribution in [0.3, 0.4) is 0 Å². The summed E-state index contributed by atoms with van der Waals surface area (Å²) < 4.78 is 39.9. The fourth-order valence-electron chi connectivity index (χ4n) is 3.54. The first-order chi connectivity index (χ1) is 16.7. The molecule has 0 spiro atoms. The molecule has 2 aromatic heterocycles.